The number of carbonyl (C=O) groups excluding carboxylic acids is 2. The summed E-state index contributed by atoms with van der Waals surface area (Å²) in [6.45, 7) is 7.74. The minimum Gasteiger partial charge on any atom is -0.489 e. The zero-order valence-corrected chi connectivity index (χ0v) is 22.4. The third-order valence-corrected chi connectivity index (χ3v) is 8.23. The van der Waals surface area contributed by atoms with Gasteiger partial charge in [-0.1, -0.05) is 55.5 Å². The van der Waals surface area contributed by atoms with Gasteiger partial charge in [0, 0.05) is 19.6 Å². The first-order valence-electron chi connectivity index (χ1n) is 11.5. The molecule has 3 rings (SSSR count). The predicted molar refractivity (Wildman–Crippen MR) is 135 cm³/mol. The van der Waals surface area contributed by atoms with Crippen LogP contribution >= 0.6 is 11.6 Å². The molecule has 1 aliphatic rings. The van der Waals surface area contributed by atoms with Crippen molar-refractivity contribution in [3.8, 4) is 5.75 Å². The summed E-state index contributed by atoms with van der Waals surface area (Å²) in [7, 11) is 1.54. The van der Waals surface area contributed by atoms with E-state index in [4.69, 9.17) is 25.9 Å². The summed E-state index contributed by atoms with van der Waals surface area (Å²) in [6, 6.07) is 16.1. The van der Waals surface area contributed by atoms with E-state index in [0.29, 0.717) is 31.0 Å². The van der Waals surface area contributed by atoms with Crippen molar-refractivity contribution < 1.29 is 23.9 Å². The Kier molecular flexibility index (Phi) is 8.44. The van der Waals surface area contributed by atoms with Gasteiger partial charge in [-0.25, -0.2) is 5.06 Å². The summed E-state index contributed by atoms with van der Waals surface area (Å²) >= 11 is 5.92. The quantitative estimate of drug-likeness (QED) is 0.234. The van der Waals surface area contributed by atoms with Crippen LogP contribution in [0, 0.1) is 11.3 Å². The van der Waals surface area contributed by atoms with Gasteiger partial charge in [0.1, 0.15) is 12.4 Å². The summed E-state index contributed by atoms with van der Waals surface area (Å²) in [6.07, 6.45) is 0.888. The van der Waals surface area contributed by atoms with Crippen molar-refractivity contribution in [3.63, 3.8) is 0 Å². The lowest BCUT2D eigenvalue weighted by atomic mass is 9.93. The number of ether oxygens (including phenoxy) is 2. The molecule has 2 aromatic carbocycles. The molecule has 0 saturated heterocycles. The highest BCUT2D eigenvalue weighted by Crippen LogP contribution is 2.56. The molecule has 1 fully saturated rings. The average molecular weight is 504 g/mol. The second kappa shape index (κ2) is 10.9. The van der Waals surface area contributed by atoms with Gasteiger partial charge in [0.25, 0.3) is 0 Å². The van der Waals surface area contributed by atoms with Gasteiger partial charge < -0.3 is 9.47 Å². The van der Waals surface area contributed by atoms with E-state index >= 15 is 0 Å². The number of hydrogen-bond donors (Lipinski definition) is 0. The molecule has 0 spiro atoms. The Hall–Kier alpha value is -2.35. The van der Waals surface area contributed by atoms with Crippen LogP contribution in [0.2, 0.25) is 30.7 Å². The number of rotatable bonds is 11. The highest BCUT2D eigenvalue weighted by molar-refractivity contribution is 6.76. The SMILES string of the molecule is COC(=O)C1(Cc2ccc(OCc3ccc(Cl)cc3)cc2)CC1C(=O)N(CC[Si](C)(C)C)OC. The first-order chi connectivity index (χ1) is 16.1. The number of esters is 1. The molecule has 8 heteroatoms. The monoisotopic (exact) mass is 503 g/mol. The van der Waals surface area contributed by atoms with Crippen LogP contribution in [-0.4, -0.2) is 45.8 Å². The van der Waals surface area contributed by atoms with E-state index in [-0.39, 0.29) is 11.9 Å². The Balaban J connectivity index is 1.64. The van der Waals surface area contributed by atoms with Crippen molar-refractivity contribution in [3.05, 3.63) is 64.7 Å². The zero-order valence-electron chi connectivity index (χ0n) is 20.6. The fourth-order valence-electron chi connectivity index (χ4n) is 4.04. The van der Waals surface area contributed by atoms with Crippen molar-refractivity contribution in [2.75, 3.05) is 20.8 Å². The van der Waals surface area contributed by atoms with Gasteiger partial charge in [0.05, 0.1) is 25.6 Å². The van der Waals surface area contributed by atoms with Crippen molar-refractivity contribution in [2.45, 2.75) is 45.1 Å². The van der Waals surface area contributed by atoms with E-state index in [0.717, 1.165) is 22.9 Å². The first-order valence-corrected chi connectivity index (χ1v) is 15.6. The summed E-state index contributed by atoms with van der Waals surface area (Å²) in [5, 5.41) is 2.11. The van der Waals surface area contributed by atoms with Crippen molar-refractivity contribution in [2.24, 2.45) is 11.3 Å². The number of halogens is 1. The molecule has 0 heterocycles. The Labute approximate surface area is 208 Å². The van der Waals surface area contributed by atoms with Crippen LogP contribution < -0.4 is 4.74 Å². The fourth-order valence-corrected chi connectivity index (χ4v) is 5.04. The minimum absolute atomic E-state index is 0.144. The van der Waals surface area contributed by atoms with Gasteiger partial charge in [0.2, 0.25) is 5.91 Å². The molecule has 1 amide bonds. The smallest absolute Gasteiger partial charge is 0.312 e. The Morgan fingerprint density at radius 3 is 2.21 bits per heavy atom. The number of carbonyl (C=O) groups is 2. The minimum atomic E-state index is -1.34. The third-order valence-electron chi connectivity index (χ3n) is 6.26. The van der Waals surface area contributed by atoms with Crippen molar-refractivity contribution >= 4 is 31.6 Å². The van der Waals surface area contributed by atoms with Crippen LogP contribution in [0.5, 0.6) is 5.75 Å². The van der Waals surface area contributed by atoms with Gasteiger partial charge >= 0.3 is 5.97 Å². The molecular formula is C26H34ClNO5Si. The molecule has 0 aromatic heterocycles. The molecule has 0 aliphatic heterocycles. The number of hydrogen-bond acceptors (Lipinski definition) is 5. The maximum absolute atomic E-state index is 13.2. The van der Waals surface area contributed by atoms with Gasteiger partial charge in [-0.05, 0) is 54.3 Å². The Morgan fingerprint density at radius 2 is 1.65 bits per heavy atom. The lowest BCUT2D eigenvalue weighted by molar-refractivity contribution is -0.178. The molecule has 0 N–H and O–H groups in total. The van der Waals surface area contributed by atoms with Crippen molar-refractivity contribution in [1.29, 1.82) is 0 Å². The molecule has 34 heavy (non-hydrogen) atoms. The molecule has 0 bridgehead atoms. The van der Waals surface area contributed by atoms with Crippen LogP contribution in [0.3, 0.4) is 0 Å². The van der Waals surface area contributed by atoms with Gasteiger partial charge in [0.15, 0.2) is 0 Å². The standard InChI is InChI=1S/C26H34ClNO5Si/c1-31-25(30)26(17-23(26)24(29)28(32-2)14-15-34(3,4)5)16-19-8-12-22(13-9-19)33-18-20-6-10-21(27)11-7-20/h6-13,23H,14-18H2,1-5H3. The van der Waals surface area contributed by atoms with E-state index < -0.39 is 19.4 Å². The Morgan fingerprint density at radius 1 is 1.03 bits per heavy atom. The number of nitrogens with zero attached hydrogens (tertiary/aromatic N) is 1. The van der Waals surface area contributed by atoms with Gasteiger partial charge in [-0.2, -0.15) is 0 Å². The number of benzene rings is 2. The lowest BCUT2D eigenvalue weighted by Crippen LogP contribution is -2.38. The highest BCUT2D eigenvalue weighted by atomic mass is 35.5. The molecule has 0 radical (unpaired) electrons. The van der Waals surface area contributed by atoms with Gasteiger partial charge in [-0.3, -0.25) is 14.4 Å². The number of hydroxylamine groups is 2. The maximum Gasteiger partial charge on any atom is 0.312 e. The lowest BCUT2D eigenvalue weighted by Gasteiger charge is -2.25. The van der Waals surface area contributed by atoms with E-state index in [1.54, 1.807) is 0 Å². The number of methoxy groups -OCH3 is 1. The highest BCUT2D eigenvalue weighted by Gasteiger charge is 2.65. The first kappa shape index (κ1) is 26.3. The molecule has 184 valence electrons. The van der Waals surface area contributed by atoms with Crippen molar-refractivity contribution in [1.82, 2.24) is 5.06 Å². The molecule has 2 atom stereocenters. The van der Waals surface area contributed by atoms with Crippen LogP contribution in [0.25, 0.3) is 0 Å². The molecule has 6 nitrogen and oxygen atoms in total. The average Bonchev–Trinajstić information content (AvgIpc) is 3.53. The molecular weight excluding hydrogens is 470 g/mol. The van der Waals surface area contributed by atoms with Crippen LogP contribution in [-0.2, 0) is 32.2 Å². The van der Waals surface area contributed by atoms with Crippen LogP contribution in [0.15, 0.2) is 48.5 Å². The number of amides is 1. The second-order valence-electron chi connectivity index (χ2n) is 10.1. The summed E-state index contributed by atoms with van der Waals surface area (Å²) in [5.41, 5.74) is 1.12. The summed E-state index contributed by atoms with van der Waals surface area (Å²) < 4.78 is 11.0. The summed E-state index contributed by atoms with van der Waals surface area (Å²) in [5.74, 6) is -0.210. The van der Waals surface area contributed by atoms with Gasteiger partial charge in [-0.15, -0.1) is 0 Å². The molecule has 2 unspecified atom stereocenters. The fraction of sp³-hybridized carbons (Fsp3) is 0.462. The maximum atomic E-state index is 13.2. The van der Waals surface area contributed by atoms with Crippen LogP contribution in [0.1, 0.15) is 17.5 Å². The zero-order chi connectivity index (χ0) is 24.9. The van der Waals surface area contributed by atoms with Crippen LogP contribution in [0.4, 0.5) is 0 Å². The third kappa shape index (κ3) is 6.61. The topological polar surface area (TPSA) is 65.1 Å². The van der Waals surface area contributed by atoms with E-state index in [2.05, 4.69) is 19.6 Å². The normalized spacial score (nSPS) is 19.4. The van der Waals surface area contributed by atoms with E-state index in [1.807, 2.05) is 48.5 Å². The van der Waals surface area contributed by atoms with E-state index in [1.165, 1.54) is 19.3 Å². The summed E-state index contributed by atoms with van der Waals surface area (Å²) in [4.78, 5) is 31.3. The molecule has 2 aromatic rings. The second-order valence-corrected chi connectivity index (χ2v) is 16.1. The van der Waals surface area contributed by atoms with E-state index in [9.17, 15) is 9.59 Å². The predicted octanol–water partition coefficient (Wildman–Crippen LogP) is 5.37. The largest absolute Gasteiger partial charge is 0.489 e. The Bertz CT molecular complexity index is 990. The molecule has 1 aliphatic carbocycles. The molecule has 1 saturated carbocycles.